The molecule has 0 fully saturated rings. The number of thiazole rings is 1. The number of nitrogens with two attached hydrogens (primary N) is 1. The van der Waals surface area contributed by atoms with E-state index in [2.05, 4.69) is 46.1 Å². The molecule has 1 unspecified atom stereocenters. The average molecular weight is 326 g/mol. The highest BCUT2D eigenvalue weighted by atomic mass is 79.9. The summed E-state index contributed by atoms with van der Waals surface area (Å²) in [6.07, 6.45) is 1.91. The SMILES string of the molecule is Cc1cnc(C(C)NCc2cc(N)cc(Br)c2)s1. The van der Waals surface area contributed by atoms with Gasteiger partial charge in [0.2, 0.25) is 0 Å². The van der Waals surface area contributed by atoms with Crippen LogP contribution in [-0.4, -0.2) is 4.98 Å². The Morgan fingerprint density at radius 2 is 2.22 bits per heavy atom. The number of anilines is 1. The van der Waals surface area contributed by atoms with Gasteiger partial charge in [0.15, 0.2) is 0 Å². The summed E-state index contributed by atoms with van der Waals surface area (Å²) in [5.74, 6) is 0. The van der Waals surface area contributed by atoms with Crippen molar-refractivity contribution in [3.8, 4) is 0 Å². The first kappa shape index (κ1) is 13.5. The highest BCUT2D eigenvalue weighted by Gasteiger charge is 2.08. The number of aromatic nitrogens is 1. The molecular formula is C13H16BrN3S. The van der Waals surface area contributed by atoms with Crippen molar-refractivity contribution < 1.29 is 0 Å². The molecule has 0 bridgehead atoms. The molecule has 0 spiro atoms. The fourth-order valence-corrected chi connectivity index (χ4v) is 3.07. The predicted octanol–water partition coefficient (Wildman–Crippen LogP) is 3.65. The largest absolute Gasteiger partial charge is 0.399 e. The van der Waals surface area contributed by atoms with Crippen molar-refractivity contribution in [2.24, 2.45) is 0 Å². The number of benzene rings is 1. The molecule has 0 aliphatic heterocycles. The van der Waals surface area contributed by atoms with E-state index in [0.29, 0.717) is 0 Å². The smallest absolute Gasteiger partial charge is 0.109 e. The number of nitrogen functional groups attached to an aromatic ring is 1. The Morgan fingerprint density at radius 3 is 2.83 bits per heavy atom. The summed E-state index contributed by atoms with van der Waals surface area (Å²) in [6.45, 7) is 4.98. The minimum Gasteiger partial charge on any atom is -0.399 e. The summed E-state index contributed by atoms with van der Waals surface area (Å²) in [5.41, 5.74) is 7.76. The van der Waals surface area contributed by atoms with Gasteiger partial charge < -0.3 is 11.1 Å². The third kappa shape index (κ3) is 3.54. The number of rotatable bonds is 4. The minimum absolute atomic E-state index is 0.254. The van der Waals surface area contributed by atoms with Gasteiger partial charge in [0.05, 0.1) is 6.04 Å². The molecule has 1 heterocycles. The molecule has 5 heteroatoms. The van der Waals surface area contributed by atoms with Gasteiger partial charge in [0, 0.05) is 27.8 Å². The lowest BCUT2D eigenvalue weighted by molar-refractivity contribution is 0.572. The predicted molar refractivity (Wildman–Crippen MR) is 80.7 cm³/mol. The Morgan fingerprint density at radius 1 is 1.44 bits per heavy atom. The van der Waals surface area contributed by atoms with Crippen LogP contribution in [0, 0.1) is 6.92 Å². The second-order valence-corrected chi connectivity index (χ2v) is 6.49. The van der Waals surface area contributed by atoms with Crippen LogP contribution in [0.15, 0.2) is 28.9 Å². The van der Waals surface area contributed by atoms with Crippen molar-refractivity contribution in [2.75, 3.05) is 5.73 Å². The van der Waals surface area contributed by atoms with Gasteiger partial charge in [0.1, 0.15) is 5.01 Å². The molecule has 1 atom stereocenters. The minimum atomic E-state index is 0.254. The molecule has 0 aliphatic rings. The van der Waals surface area contributed by atoms with Gasteiger partial charge in [-0.05, 0) is 37.6 Å². The van der Waals surface area contributed by atoms with E-state index in [9.17, 15) is 0 Å². The number of nitrogens with one attached hydrogen (secondary N) is 1. The van der Waals surface area contributed by atoms with E-state index in [1.165, 1.54) is 10.4 Å². The monoisotopic (exact) mass is 325 g/mol. The van der Waals surface area contributed by atoms with E-state index in [1.54, 1.807) is 11.3 Å². The lowest BCUT2D eigenvalue weighted by Gasteiger charge is -2.11. The summed E-state index contributed by atoms with van der Waals surface area (Å²) in [7, 11) is 0. The maximum absolute atomic E-state index is 5.81. The Bertz CT molecular complexity index is 519. The van der Waals surface area contributed by atoms with Gasteiger partial charge in [-0.2, -0.15) is 0 Å². The molecule has 2 aromatic rings. The van der Waals surface area contributed by atoms with Crippen LogP contribution in [0.4, 0.5) is 5.69 Å². The van der Waals surface area contributed by atoms with E-state index in [1.807, 2.05) is 18.3 Å². The number of nitrogens with zero attached hydrogens (tertiary/aromatic N) is 1. The molecule has 3 nitrogen and oxygen atoms in total. The average Bonchev–Trinajstić information content (AvgIpc) is 2.71. The quantitative estimate of drug-likeness (QED) is 0.843. The maximum atomic E-state index is 5.81. The van der Waals surface area contributed by atoms with Gasteiger partial charge in [-0.1, -0.05) is 15.9 Å². The molecule has 18 heavy (non-hydrogen) atoms. The van der Waals surface area contributed by atoms with Crippen LogP contribution in [0.25, 0.3) is 0 Å². The zero-order chi connectivity index (χ0) is 13.1. The lowest BCUT2D eigenvalue weighted by Crippen LogP contribution is -2.17. The Labute approximate surface area is 120 Å². The van der Waals surface area contributed by atoms with E-state index >= 15 is 0 Å². The molecule has 0 radical (unpaired) electrons. The summed E-state index contributed by atoms with van der Waals surface area (Å²) >= 11 is 5.18. The van der Waals surface area contributed by atoms with Crippen molar-refractivity contribution in [3.05, 3.63) is 44.3 Å². The van der Waals surface area contributed by atoms with Crippen LogP contribution in [0.1, 0.15) is 28.4 Å². The first-order valence-electron chi connectivity index (χ1n) is 5.75. The first-order chi connectivity index (χ1) is 8.54. The number of aryl methyl sites for hydroxylation is 1. The standard InChI is InChI=1S/C13H16BrN3S/c1-8-6-17-13(18-8)9(2)16-7-10-3-11(14)5-12(15)4-10/h3-6,9,16H,7,15H2,1-2H3. The zero-order valence-corrected chi connectivity index (χ0v) is 12.8. The second kappa shape index (κ2) is 5.82. The molecule has 2 rings (SSSR count). The molecule has 0 aliphatic carbocycles. The third-order valence-corrected chi connectivity index (χ3v) is 4.16. The van der Waals surface area contributed by atoms with Crippen molar-refractivity contribution >= 4 is 33.0 Å². The van der Waals surface area contributed by atoms with Gasteiger partial charge in [-0.15, -0.1) is 11.3 Å². The fourth-order valence-electron chi connectivity index (χ4n) is 1.71. The normalized spacial score (nSPS) is 12.6. The van der Waals surface area contributed by atoms with Gasteiger partial charge in [0.25, 0.3) is 0 Å². The van der Waals surface area contributed by atoms with Crippen LogP contribution in [0.5, 0.6) is 0 Å². The number of hydrogen-bond donors (Lipinski definition) is 2. The molecule has 0 saturated heterocycles. The van der Waals surface area contributed by atoms with Crippen molar-refractivity contribution in [2.45, 2.75) is 26.4 Å². The van der Waals surface area contributed by atoms with Crippen molar-refractivity contribution in [1.29, 1.82) is 0 Å². The molecule has 1 aromatic carbocycles. The van der Waals surface area contributed by atoms with Crippen LogP contribution >= 0.6 is 27.3 Å². The Balaban J connectivity index is 1.99. The molecule has 0 amide bonds. The molecule has 96 valence electrons. The van der Waals surface area contributed by atoms with Crippen LogP contribution in [0.2, 0.25) is 0 Å². The number of hydrogen-bond acceptors (Lipinski definition) is 4. The van der Waals surface area contributed by atoms with Crippen molar-refractivity contribution in [1.82, 2.24) is 10.3 Å². The Hall–Kier alpha value is -0.910. The molecular weight excluding hydrogens is 310 g/mol. The summed E-state index contributed by atoms with van der Waals surface area (Å²) in [5, 5.41) is 4.58. The molecule has 0 saturated carbocycles. The zero-order valence-electron chi connectivity index (χ0n) is 10.4. The summed E-state index contributed by atoms with van der Waals surface area (Å²) in [4.78, 5) is 5.63. The van der Waals surface area contributed by atoms with E-state index in [-0.39, 0.29) is 6.04 Å². The van der Waals surface area contributed by atoms with Crippen molar-refractivity contribution in [3.63, 3.8) is 0 Å². The summed E-state index contributed by atoms with van der Waals surface area (Å²) in [6, 6.07) is 6.21. The fraction of sp³-hybridized carbons (Fsp3) is 0.308. The second-order valence-electron chi connectivity index (χ2n) is 4.30. The Kier molecular flexibility index (Phi) is 4.37. The van der Waals surface area contributed by atoms with Gasteiger partial charge >= 0.3 is 0 Å². The highest BCUT2D eigenvalue weighted by molar-refractivity contribution is 9.10. The van der Waals surface area contributed by atoms with Crippen LogP contribution in [-0.2, 0) is 6.54 Å². The maximum Gasteiger partial charge on any atom is 0.109 e. The van der Waals surface area contributed by atoms with Crippen LogP contribution in [0.3, 0.4) is 0 Å². The van der Waals surface area contributed by atoms with Gasteiger partial charge in [-0.3, -0.25) is 0 Å². The van der Waals surface area contributed by atoms with E-state index in [4.69, 9.17) is 5.73 Å². The summed E-state index contributed by atoms with van der Waals surface area (Å²) < 4.78 is 1.01. The lowest BCUT2D eigenvalue weighted by atomic mass is 10.2. The highest BCUT2D eigenvalue weighted by Crippen LogP contribution is 2.21. The molecule has 3 N–H and O–H groups in total. The van der Waals surface area contributed by atoms with E-state index < -0.39 is 0 Å². The first-order valence-corrected chi connectivity index (χ1v) is 7.36. The van der Waals surface area contributed by atoms with Crippen LogP contribution < -0.4 is 11.1 Å². The van der Waals surface area contributed by atoms with E-state index in [0.717, 1.165) is 21.7 Å². The van der Waals surface area contributed by atoms with Gasteiger partial charge in [-0.25, -0.2) is 4.98 Å². The third-order valence-electron chi connectivity index (χ3n) is 2.60. The topological polar surface area (TPSA) is 50.9 Å². The molecule has 1 aromatic heterocycles. The number of halogens is 1.